The number of para-hydroxylation sites is 1. The second-order valence-electron chi connectivity index (χ2n) is 7.83. The molecular formula is C22H25N5O2. The minimum absolute atomic E-state index is 0.0603. The Hall–Kier alpha value is -2.93. The van der Waals surface area contributed by atoms with Crippen LogP contribution in [0, 0.1) is 0 Å². The molecule has 1 saturated heterocycles. The first-order chi connectivity index (χ1) is 14.3. The highest BCUT2D eigenvalue weighted by atomic mass is 16.5. The number of H-pyrrole nitrogens is 1. The van der Waals surface area contributed by atoms with Crippen LogP contribution in [0.4, 0.5) is 5.95 Å². The molecule has 0 aliphatic carbocycles. The van der Waals surface area contributed by atoms with Gasteiger partial charge in [0, 0.05) is 54.4 Å². The van der Waals surface area contributed by atoms with Crippen molar-refractivity contribution < 1.29 is 9.53 Å². The molecule has 1 fully saturated rings. The summed E-state index contributed by atoms with van der Waals surface area (Å²) in [6, 6.07) is 8.19. The Kier molecular flexibility index (Phi) is 4.89. The molecule has 1 atom stereocenters. The normalized spacial score (nSPS) is 19.2. The lowest BCUT2D eigenvalue weighted by Crippen LogP contribution is -2.48. The predicted octanol–water partition coefficient (Wildman–Crippen LogP) is 2.36. The van der Waals surface area contributed by atoms with Crippen LogP contribution >= 0.6 is 0 Å². The third-order valence-corrected chi connectivity index (χ3v) is 5.78. The number of piperidine rings is 1. The zero-order valence-electron chi connectivity index (χ0n) is 16.4. The van der Waals surface area contributed by atoms with Gasteiger partial charge in [0.25, 0.3) is 0 Å². The number of amides is 1. The van der Waals surface area contributed by atoms with E-state index < -0.39 is 0 Å². The molecule has 1 unspecified atom stereocenters. The van der Waals surface area contributed by atoms with Crippen molar-refractivity contribution in [3.63, 3.8) is 0 Å². The molecule has 2 aliphatic heterocycles. The summed E-state index contributed by atoms with van der Waals surface area (Å²) in [5.74, 6) is 0.825. The summed E-state index contributed by atoms with van der Waals surface area (Å²) in [4.78, 5) is 27.4. The molecule has 1 aromatic carbocycles. The van der Waals surface area contributed by atoms with E-state index in [2.05, 4.69) is 26.3 Å². The molecule has 0 radical (unpaired) electrons. The third-order valence-electron chi connectivity index (χ3n) is 5.78. The highest BCUT2D eigenvalue weighted by molar-refractivity contribution is 5.88. The molecule has 7 heteroatoms. The number of hydrogen-bond acceptors (Lipinski definition) is 5. The lowest BCUT2D eigenvalue weighted by Gasteiger charge is -2.33. The number of hydrogen-bond donors (Lipinski definition) is 2. The van der Waals surface area contributed by atoms with Gasteiger partial charge >= 0.3 is 0 Å². The number of rotatable bonds is 4. The largest absolute Gasteiger partial charge is 0.376 e. The Morgan fingerprint density at radius 3 is 3.24 bits per heavy atom. The van der Waals surface area contributed by atoms with Crippen LogP contribution in [0.5, 0.6) is 0 Å². The lowest BCUT2D eigenvalue weighted by atomic mass is 10.0. The van der Waals surface area contributed by atoms with E-state index >= 15 is 0 Å². The number of ether oxygens (including phenoxy) is 1. The van der Waals surface area contributed by atoms with Crippen molar-refractivity contribution in [3.05, 3.63) is 53.5 Å². The van der Waals surface area contributed by atoms with E-state index in [-0.39, 0.29) is 11.9 Å². The van der Waals surface area contributed by atoms with Crippen LogP contribution in [-0.4, -0.2) is 46.6 Å². The highest BCUT2D eigenvalue weighted by Crippen LogP contribution is 2.21. The molecule has 2 aromatic heterocycles. The van der Waals surface area contributed by atoms with E-state index in [0.29, 0.717) is 13.0 Å². The molecule has 1 amide bonds. The SMILES string of the molecule is O=C(Cc1c[nH]c2ccccc12)NC1CCCN(c2ncc3c(n2)CCOC3)C1. The fourth-order valence-corrected chi connectivity index (χ4v) is 4.28. The van der Waals surface area contributed by atoms with Gasteiger partial charge in [0.15, 0.2) is 0 Å². The van der Waals surface area contributed by atoms with Crippen molar-refractivity contribution in [3.8, 4) is 0 Å². The maximum Gasteiger partial charge on any atom is 0.225 e. The number of carbonyl (C=O) groups excluding carboxylic acids is 1. The van der Waals surface area contributed by atoms with Gasteiger partial charge in [0.2, 0.25) is 11.9 Å². The van der Waals surface area contributed by atoms with Crippen LogP contribution in [0.25, 0.3) is 10.9 Å². The lowest BCUT2D eigenvalue weighted by molar-refractivity contribution is -0.121. The molecule has 4 heterocycles. The number of aromatic amines is 1. The van der Waals surface area contributed by atoms with Crippen LogP contribution in [0.15, 0.2) is 36.7 Å². The molecular weight excluding hydrogens is 366 g/mol. The minimum atomic E-state index is 0.0603. The predicted molar refractivity (Wildman–Crippen MR) is 111 cm³/mol. The van der Waals surface area contributed by atoms with Crippen LogP contribution in [0.2, 0.25) is 0 Å². The summed E-state index contributed by atoms with van der Waals surface area (Å²) in [6.45, 7) is 2.98. The van der Waals surface area contributed by atoms with Crippen molar-refractivity contribution in [1.29, 1.82) is 0 Å². The Labute approximate surface area is 169 Å². The monoisotopic (exact) mass is 391 g/mol. The second kappa shape index (κ2) is 7.83. The van der Waals surface area contributed by atoms with Gasteiger partial charge < -0.3 is 19.9 Å². The quantitative estimate of drug-likeness (QED) is 0.713. The van der Waals surface area contributed by atoms with Gasteiger partial charge in [-0.1, -0.05) is 18.2 Å². The first-order valence-electron chi connectivity index (χ1n) is 10.3. The van der Waals surface area contributed by atoms with E-state index in [0.717, 1.165) is 72.6 Å². The van der Waals surface area contributed by atoms with Crippen molar-refractivity contribution >= 4 is 22.8 Å². The Bertz CT molecular complexity index is 1030. The van der Waals surface area contributed by atoms with Gasteiger partial charge in [-0.15, -0.1) is 0 Å². The molecule has 150 valence electrons. The molecule has 29 heavy (non-hydrogen) atoms. The Morgan fingerprint density at radius 2 is 2.28 bits per heavy atom. The van der Waals surface area contributed by atoms with E-state index in [1.807, 2.05) is 30.6 Å². The number of nitrogens with one attached hydrogen (secondary N) is 2. The number of carbonyl (C=O) groups is 1. The number of fused-ring (bicyclic) bond motifs is 2. The van der Waals surface area contributed by atoms with Crippen LogP contribution in [0.3, 0.4) is 0 Å². The zero-order chi connectivity index (χ0) is 19.6. The van der Waals surface area contributed by atoms with Crippen molar-refractivity contribution in [2.24, 2.45) is 0 Å². The highest BCUT2D eigenvalue weighted by Gasteiger charge is 2.24. The molecule has 0 saturated carbocycles. The minimum Gasteiger partial charge on any atom is -0.376 e. The fraction of sp³-hybridized carbons (Fsp3) is 0.409. The fourth-order valence-electron chi connectivity index (χ4n) is 4.28. The third kappa shape index (κ3) is 3.82. The first kappa shape index (κ1) is 18.1. The van der Waals surface area contributed by atoms with Crippen LogP contribution in [-0.2, 0) is 29.0 Å². The molecule has 3 aromatic rings. The van der Waals surface area contributed by atoms with Gasteiger partial charge in [-0.25, -0.2) is 9.97 Å². The summed E-state index contributed by atoms with van der Waals surface area (Å²) < 4.78 is 5.47. The number of nitrogens with zero attached hydrogens (tertiary/aromatic N) is 3. The van der Waals surface area contributed by atoms with Crippen molar-refractivity contribution in [1.82, 2.24) is 20.3 Å². The van der Waals surface area contributed by atoms with Crippen molar-refractivity contribution in [2.45, 2.75) is 38.3 Å². The van der Waals surface area contributed by atoms with Crippen molar-refractivity contribution in [2.75, 3.05) is 24.6 Å². The zero-order valence-corrected chi connectivity index (χ0v) is 16.4. The summed E-state index contributed by atoms with van der Waals surface area (Å²) in [5, 5.41) is 4.32. The average molecular weight is 391 g/mol. The Morgan fingerprint density at radius 1 is 1.34 bits per heavy atom. The molecule has 2 N–H and O–H groups in total. The summed E-state index contributed by atoms with van der Waals surface area (Å²) >= 11 is 0. The smallest absolute Gasteiger partial charge is 0.225 e. The summed E-state index contributed by atoms with van der Waals surface area (Å²) in [7, 11) is 0. The topological polar surface area (TPSA) is 83.1 Å². The van der Waals surface area contributed by atoms with E-state index in [4.69, 9.17) is 9.72 Å². The first-order valence-corrected chi connectivity index (χ1v) is 10.3. The Balaban J connectivity index is 1.23. The summed E-state index contributed by atoms with van der Waals surface area (Å²) in [6.07, 6.45) is 7.04. The van der Waals surface area contributed by atoms with Gasteiger partial charge in [-0.2, -0.15) is 0 Å². The molecule has 0 spiro atoms. The van der Waals surface area contributed by atoms with Gasteiger partial charge in [-0.3, -0.25) is 4.79 Å². The molecule has 0 bridgehead atoms. The maximum atomic E-state index is 12.7. The number of aromatic nitrogens is 3. The molecule has 2 aliphatic rings. The molecule has 7 nitrogen and oxygen atoms in total. The average Bonchev–Trinajstić information content (AvgIpc) is 3.16. The van der Waals surface area contributed by atoms with Crippen LogP contribution < -0.4 is 10.2 Å². The standard InChI is InChI=1S/C22H25N5O2/c28-21(10-15-11-23-20-6-2-1-5-18(15)20)25-17-4-3-8-27(13-17)22-24-12-16-14-29-9-7-19(16)26-22/h1-2,5-6,11-12,17,23H,3-4,7-10,13-14H2,(H,25,28). The second-order valence-corrected chi connectivity index (χ2v) is 7.83. The number of benzene rings is 1. The van der Waals surface area contributed by atoms with Gasteiger partial charge in [-0.05, 0) is 24.5 Å². The van der Waals surface area contributed by atoms with E-state index in [1.165, 1.54) is 0 Å². The van der Waals surface area contributed by atoms with Gasteiger partial charge in [0.05, 0.1) is 25.3 Å². The number of anilines is 1. The maximum absolute atomic E-state index is 12.7. The van der Waals surface area contributed by atoms with E-state index in [9.17, 15) is 4.79 Å². The van der Waals surface area contributed by atoms with Crippen LogP contribution in [0.1, 0.15) is 29.7 Å². The van der Waals surface area contributed by atoms with E-state index in [1.54, 1.807) is 0 Å². The van der Waals surface area contributed by atoms with Gasteiger partial charge in [0.1, 0.15) is 0 Å². The summed E-state index contributed by atoms with van der Waals surface area (Å²) in [5.41, 5.74) is 4.27. The molecule has 5 rings (SSSR count).